The summed E-state index contributed by atoms with van der Waals surface area (Å²) in [5.41, 5.74) is 0.405. The van der Waals surface area contributed by atoms with Crippen LogP contribution < -0.4 is 10.6 Å². The maximum absolute atomic E-state index is 12.2. The van der Waals surface area contributed by atoms with Crippen molar-refractivity contribution >= 4 is 56.4 Å². The van der Waals surface area contributed by atoms with E-state index in [0.717, 1.165) is 4.88 Å². The van der Waals surface area contributed by atoms with Gasteiger partial charge in [0.1, 0.15) is 5.00 Å². The Labute approximate surface area is 158 Å². The maximum Gasteiger partial charge on any atom is 0.341 e. The Balaban J connectivity index is 2.04. The van der Waals surface area contributed by atoms with Gasteiger partial charge in [0.2, 0.25) is 11.0 Å². The monoisotopic (exact) mass is 400 g/mol. The third-order valence-corrected chi connectivity index (χ3v) is 6.44. The summed E-state index contributed by atoms with van der Waals surface area (Å²) < 4.78 is 5.78. The standard InChI is InChI=1S/C15H20N4O3S3/c1-5-22-13(21)9-6-10(8(2)3)24-12(9)17-11(20)7-23-15-19-18-14(16-4)25-15/h6,8H,5,7H2,1-4H3,(H,16,18)(H,17,20). The van der Waals surface area contributed by atoms with E-state index >= 15 is 0 Å². The fraction of sp³-hybridized carbons (Fsp3) is 0.467. The number of hydrogen-bond donors (Lipinski definition) is 2. The van der Waals surface area contributed by atoms with Crippen LogP contribution >= 0.6 is 34.4 Å². The molecule has 0 saturated carbocycles. The molecule has 7 nitrogen and oxygen atoms in total. The number of aromatic nitrogens is 2. The largest absolute Gasteiger partial charge is 0.462 e. The van der Waals surface area contributed by atoms with Gasteiger partial charge in [-0.25, -0.2) is 4.79 Å². The van der Waals surface area contributed by atoms with Crippen molar-refractivity contribution in [3.05, 3.63) is 16.5 Å². The van der Waals surface area contributed by atoms with Gasteiger partial charge in [0.15, 0.2) is 4.34 Å². The lowest BCUT2D eigenvalue weighted by Gasteiger charge is -2.05. The van der Waals surface area contributed by atoms with E-state index in [2.05, 4.69) is 20.8 Å². The van der Waals surface area contributed by atoms with Crippen molar-refractivity contribution in [3.8, 4) is 0 Å². The second-order valence-electron chi connectivity index (χ2n) is 5.23. The quantitative estimate of drug-likeness (QED) is 0.516. The zero-order valence-corrected chi connectivity index (χ0v) is 16.9. The second-order valence-corrected chi connectivity index (χ2v) is 8.51. The van der Waals surface area contributed by atoms with Crippen LogP contribution in [0.4, 0.5) is 10.1 Å². The Bertz CT molecular complexity index is 742. The number of esters is 1. The number of thiophene rings is 1. The summed E-state index contributed by atoms with van der Waals surface area (Å²) in [4.78, 5) is 25.4. The van der Waals surface area contributed by atoms with E-state index in [1.807, 2.05) is 13.8 Å². The minimum atomic E-state index is -0.420. The van der Waals surface area contributed by atoms with Gasteiger partial charge in [0, 0.05) is 11.9 Å². The van der Waals surface area contributed by atoms with Gasteiger partial charge < -0.3 is 15.4 Å². The van der Waals surface area contributed by atoms with E-state index in [-0.39, 0.29) is 17.6 Å². The maximum atomic E-state index is 12.2. The van der Waals surface area contributed by atoms with Gasteiger partial charge in [-0.2, -0.15) is 0 Å². The highest BCUT2D eigenvalue weighted by Gasteiger charge is 2.20. The first kappa shape index (κ1) is 19.7. The molecular formula is C15H20N4O3S3. The predicted molar refractivity (Wildman–Crippen MR) is 103 cm³/mol. The minimum absolute atomic E-state index is 0.190. The second kappa shape index (κ2) is 9.16. The molecule has 2 aromatic rings. The molecule has 0 radical (unpaired) electrons. The molecule has 0 aromatic carbocycles. The first-order chi connectivity index (χ1) is 11.9. The summed E-state index contributed by atoms with van der Waals surface area (Å²) in [6.07, 6.45) is 0. The first-order valence-electron chi connectivity index (χ1n) is 7.69. The summed E-state index contributed by atoms with van der Waals surface area (Å²) in [7, 11) is 1.77. The fourth-order valence-corrected chi connectivity index (χ4v) is 4.38. The zero-order valence-electron chi connectivity index (χ0n) is 14.4. The predicted octanol–water partition coefficient (Wildman–Crippen LogP) is 3.67. The Morgan fingerprint density at radius 1 is 1.32 bits per heavy atom. The molecule has 0 aliphatic heterocycles. The summed E-state index contributed by atoms with van der Waals surface area (Å²) in [5.74, 6) is -0.167. The molecule has 0 unspecified atom stereocenters. The fourth-order valence-electron chi connectivity index (χ4n) is 1.81. The van der Waals surface area contributed by atoms with Crippen molar-refractivity contribution in [2.45, 2.75) is 31.0 Å². The van der Waals surface area contributed by atoms with Gasteiger partial charge in [-0.15, -0.1) is 21.5 Å². The Kier molecular flexibility index (Phi) is 7.21. The number of rotatable bonds is 8. The molecule has 2 aromatic heterocycles. The SMILES string of the molecule is CCOC(=O)c1cc(C(C)C)sc1NC(=O)CSc1nnc(NC)s1. The van der Waals surface area contributed by atoms with Gasteiger partial charge >= 0.3 is 5.97 Å². The van der Waals surface area contributed by atoms with E-state index in [9.17, 15) is 9.59 Å². The van der Waals surface area contributed by atoms with E-state index in [0.29, 0.717) is 26.6 Å². The lowest BCUT2D eigenvalue weighted by atomic mass is 10.1. The average Bonchev–Trinajstić information content (AvgIpc) is 3.20. The van der Waals surface area contributed by atoms with Gasteiger partial charge in [-0.1, -0.05) is 36.9 Å². The van der Waals surface area contributed by atoms with Crippen molar-refractivity contribution in [2.24, 2.45) is 0 Å². The zero-order chi connectivity index (χ0) is 18.4. The van der Waals surface area contributed by atoms with Crippen LogP contribution in [-0.4, -0.2) is 41.5 Å². The third kappa shape index (κ3) is 5.41. The van der Waals surface area contributed by atoms with Crippen LogP contribution in [0.25, 0.3) is 0 Å². The van der Waals surface area contributed by atoms with Crippen LogP contribution in [0.1, 0.15) is 41.9 Å². The molecule has 0 aliphatic rings. The number of hydrogen-bond acceptors (Lipinski definition) is 9. The summed E-state index contributed by atoms with van der Waals surface area (Å²) in [6.45, 7) is 6.12. The number of ether oxygens (including phenoxy) is 1. The van der Waals surface area contributed by atoms with Gasteiger partial charge in [0.05, 0.1) is 17.9 Å². The Morgan fingerprint density at radius 2 is 2.08 bits per heavy atom. The Morgan fingerprint density at radius 3 is 2.68 bits per heavy atom. The van der Waals surface area contributed by atoms with E-state index in [4.69, 9.17) is 4.74 Å². The number of carbonyl (C=O) groups excluding carboxylic acids is 2. The lowest BCUT2D eigenvalue weighted by Crippen LogP contribution is -2.15. The summed E-state index contributed by atoms with van der Waals surface area (Å²) in [5, 5.41) is 14.8. The third-order valence-electron chi connectivity index (χ3n) is 3.02. The van der Waals surface area contributed by atoms with Crippen LogP contribution in [0.3, 0.4) is 0 Å². The van der Waals surface area contributed by atoms with E-state index < -0.39 is 5.97 Å². The number of nitrogens with one attached hydrogen (secondary N) is 2. The molecule has 0 bridgehead atoms. The van der Waals surface area contributed by atoms with E-state index in [1.165, 1.54) is 34.4 Å². The molecule has 1 amide bonds. The molecule has 0 aliphatic carbocycles. The lowest BCUT2D eigenvalue weighted by molar-refractivity contribution is -0.113. The molecule has 2 rings (SSSR count). The summed E-state index contributed by atoms with van der Waals surface area (Å²) in [6, 6.07) is 1.79. The van der Waals surface area contributed by atoms with Crippen molar-refractivity contribution in [2.75, 3.05) is 30.0 Å². The number of thioether (sulfide) groups is 1. The molecule has 0 fully saturated rings. The molecule has 25 heavy (non-hydrogen) atoms. The van der Waals surface area contributed by atoms with Crippen LogP contribution in [0.5, 0.6) is 0 Å². The van der Waals surface area contributed by atoms with E-state index in [1.54, 1.807) is 20.0 Å². The van der Waals surface area contributed by atoms with Gasteiger partial charge in [-0.05, 0) is 18.9 Å². The number of carbonyl (C=O) groups is 2. The van der Waals surface area contributed by atoms with Crippen molar-refractivity contribution in [1.82, 2.24) is 10.2 Å². The molecule has 10 heteroatoms. The van der Waals surface area contributed by atoms with Crippen LogP contribution in [-0.2, 0) is 9.53 Å². The van der Waals surface area contributed by atoms with Gasteiger partial charge in [0.25, 0.3) is 0 Å². The minimum Gasteiger partial charge on any atom is -0.462 e. The van der Waals surface area contributed by atoms with Crippen molar-refractivity contribution < 1.29 is 14.3 Å². The highest BCUT2D eigenvalue weighted by molar-refractivity contribution is 8.01. The first-order valence-corrected chi connectivity index (χ1v) is 10.3. The van der Waals surface area contributed by atoms with Crippen LogP contribution in [0.2, 0.25) is 0 Å². The molecule has 0 atom stereocenters. The normalized spacial score (nSPS) is 10.8. The van der Waals surface area contributed by atoms with Crippen molar-refractivity contribution in [1.29, 1.82) is 0 Å². The smallest absolute Gasteiger partial charge is 0.341 e. The van der Waals surface area contributed by atoms with Crippen LogP contribution in [0.15, 0.2) is 10.4 Å². The molecule has 2 heterocycles. The number of nitrogens with zero attached hydrogens (tertiary/aromatic N) is 2. The number of amides is 1. The molecule has 0 saturated heterocycles. The topological polar surface area (TPSA) is 93.2 Å². The van der Waals surface area contributed by atoms with Gasteiger partial charge in [-0.3, -0.25) is 4.79 Å². The molecule has 0 spiro atoms. The van der Waals surface area contributed by atoms with Crippen LogP contribution in [0, 0.1) is 0 Å². The molecule has 136 valence electrons. The highest BCUT2D eigenvalue weighted by atomic mass is 32.2. The number of anilines is 2. The summed E-state index contributed by atoms with van der Waals surface area (Å²) >= 11 is 4.09. The Hall–Kier alpha value is -1.65. The molecular weight excluding hydrogens is 380 g/mol. The highest BCUT2D eigenvalue weighted by Crippen LogP contribution is 2.34. The van der Waals surface area contributed by atoms with Crippen molar-refractivity contribution in [3.63, 3.8) is 0 Å². The average molecular weight is 401 g/mol. The molecule has 2 N–H and O–H groups in total.